The molecule has 1 saturated heterocycles. The maximum atomic E-state index is 13.1. The number of nitrogens with zero attached hydrogens (tertiary/aromatic N) is 2. The average molecular weight is 411 g/mol. The molecule has 28 heavy (non-hydrogen) atoms. The SMILES string of the molecule is CC(C[CH]C(=O)N([C@H]1CCCNCC1=O)S(=O)(=O)c1cccc[n+]1[O-])C(N)=O. The van der Waals surface area contributed by atoms with Gasteiger partial charge in [-0.3, -0.25) is 14.4 Å². The van der Waals surface area contributed by atoms with E-state index < -0.39 is 44.6 Å². The molecule has 2 rings (SSSR count). The number of aromatic nitrogens is 1. The highest BCUT2D eigenvalue weighted by molar-refractivity contribution is 7.89. The zero-order valence-electron chi connectivity index (χ0n) is 15.4. The normalized spacial score (nSPS) is 18.9. The minimum atomic E-state index is -4.61. The molecule has 2 atom stereocenters. The number of Topliss-reactive ketones (excluding diaryl/α,β-unsaturated/α-hetero) is 1. The predicted octanol–water partition coefficient (Wildman–Crippen LogP) is -1.13. The van der Waals surface area contributed by atoms with Gasteiger partial charge < -0.3 is 16.3 Å². The van der Waals surface area contributed by atoms with E-state index in [-0.39, 0.29) is 24.1 Å². The lowest BCUT2D eigenvalue weighted by atomic mass is 10.0. The Balaban J connectivity index is 2.43. The van der Waals surface area contributed by atoms with E-state index in [4.69, 9.17) is 5.73 Å². The maximum absolute atomic E-state index is 13.1. The second-order valence-corrected chi connectivity index (χ2v) is 8.31. The molecule has 0 aromatic carbocycles. The fourth-order valence-electron chi connectivity index (χ4n) is 2.80. The number of carbonyl (C=O) groups excluding carboxylic acids is 3. The Hall–Kier alpha value is -2.53. The molecule has 3 N–H and O–H groups in total. The summed E-state index contributed by atoms with van der Waals surface area (Å²) in [6.07, 6.45) is 2.51. The van der Waals surface area contributed by atoms with Crippen molar-refractivity contribution in [3.63, 3.8) is 0 Å². The summed E-state index contributed by atoms with van der Waals surface area (Å²) in [5.41, 5.74) is 5.17. The zero-order chi connectivity index (χ0) is 20.9. The molecule has 1 aromatic rings. The topological polar surface area (TPSA) is 154 Å². The number of ketones is 1. The zero-order valence-corrected chi connectivity index (χ0v) is 16.2. The predicted molar refractivity (Wildman–Crippen MR) is 97.6 cm³/mol. The molecule has 1 aliphatic rings. The third-order valence-electron chi connectivity index (χ3n) is 4.45. The summed E-state index contributed by atoms with van der Waals surface area (Å²) in [6, 6.07) is 2.51. The molecule has 0 spiro atoms. The van der Waals surface area contributed by atoms with E-state index in [2.05, 4.69) is 5.32 Å². The number of primary amides is 1. The standard InChI is InChI=1S/C17H23N4O6S/c1-12(17(18)24)7-8-15(23)21(13-5-4-9-19-11-14(13)22)28(26,27)16-6-2-3-10-20(16)25/h2-3,6,8,10,12-13,19H,4-5,7,9,11H2,1H3,(H2,18,24)/t12?,13-/m0/s1. The average Bonchev–Trinajstić information content (AvgIpc) is 2.84. The lowest BCUT2D eigenvalue weighted by Gasteiger charge is -2.28. The second kappa shape index (κ2) is 9.11. The van der Waals surface area contributed by atoms with Gasteiger partial charge in [0.2, 0.25) is 11.8 Å². The van der Waals surface area contributed by atoms with Crippen molar-refractivity contribution in [2.45, 2.75) is 37.3 Å². The third kappa shape index (κ3) is 4.84. The minimum absolute atomic E-state index is 0.0895. The van der Waals surface area contributed by atoms with E-state index in [0.29, 0.717) is 17.3 Å². The van der Waals surface area contributed by atoms with Crippen LogP contribution in [0, 0.1) is 17.5 Å². The number of amides is 2. The van der Waals surface area contributed by atoms with Crippen molar-refractivity contribution in [3.05, 3.63) is 36.0 Å². The van der Waals surface area contributed by atoms with Crippen LogP contribution in [0.25, 0.3) is 0 Å². The summed E-state index contributed by atoms with van der Waals surface area (Å²) in [5.74, 6) is -2.79. The molecule has 11 heteroatoms. The van der Waals surface area contributed by atoms with E-state index >= 15 is 0 Å². The molecule has 0 saturated carbocycles. The molecule has 2 amide bonds. The van der Waals surface area contributed by atoms with Crippen LogP contribution in [0.15, 0.2) is 29.4 Å². The Kier molecular flexibility index (Phi) is 7.08. The van der Waals surface area contributed by atoms with Crippen LogP contribution in [0.4, 0.5) is 0 Å². The van der Waals surface area contributed by atoms with E-state index in [1.165, 1.54) is 19.1 Å². The Bertz CT molecular complexity index is 857. The van der Waals surface area contributed by atoms with Gasteiger partial charge in [0, 0.05) is 18.1 Å². The molecule has 153 valence electrons. The van der Waals surface area contributed by atoms with Crippen molar-refractivity contribution in [3.8, 4) is 0 Å². The molecular formula is C17H23N4O6S. The Morgan fingerprint density at radius 1 is 1.46 bits per heavy atom. The number of nitrogens with two attached hydrogens (primary N) is 1. The molecule has 2 heterocycles. The summed E-state index contributed by atoms with van der Waals surface area (Å²) in [6.45, 7) is 1.90. The van der Waals surface area contributed by atoms with Crippen LogP contribution in [0.2, 0.25) is 0 Å². The number of hydrogen-bond donors (Lipinski definition) is 2. The highest BCUT2D eigenvalue weighted by Gasteiger charge is 2.43. The Morgan fingerprint density at radius 2 is 2.18 bits per heavy atom. The number of hydrogen-bond acceptors (Lipinski definition) is 7. The smallest absolute Gasteiger partial charge is 0.329 e. The highest BCUT2D eigenvalue weighted by Crippen LogP contribution is 2.22. The lowest BCUT2D eigenvalue weighted by molar-refractivity contribution is -0.646. The van der Waals surface area contributed by atoms with Crippen LogP contribution in [0.3, 0.4) is 0 Å². The summed E-state index contributed by atoms with van der Waals surface area (Å²) in [7, 11) is -4.61. The Morgan fingerprint density at radius 3 is 2.82 bits per heavy atom. The van der Waals surface area contributed by atoms with Gasteiger partial charge in [-0.15, -0.1) is 0 Å². The van der Waals surface area contributed by atoms with Gasteiger partial charge in [-0.2, -0.15) is 13.1 Å². The molecule has 1 unspecified atom stereocenters. The van der Waals surface area contributed by atoms with Crippen LogP contribution in [0.1, 0.15) is 26.2 Å². The van der Waals surface area contributed by atoms with E-state index in [1.807, 2.05) is 0 Å². The first kappa shape index (κ1) is 21.8. The fraction of sp³-hybridized carbons (Fsp3) is 0.471. The summed E-state index contributed by atoms with van der Waals surface area (Å²) in [5, 5.41) is 14.2. The van der Waals surface area contributed by atoms with Crippen LogP contribution < -0.4 is 15.8 Å². The molecule has 1 radical (unpaired) electrons. The fourth-order valence-corrected chi connectivity index (χ4v) is 4.40. The van der Waals surface area contributed by atoms with Crippen LogP contribution >= 0.6 is 0 Å². The Labute approximate surface area is 163 Å². The molecule has 0 bridgehead atoms. The molecular weight excluding hydrogens is 388 g/mol. The number of carbonyl (C=O) groups is 3. The van der Waals surface area contributed by atoms with Gasteiger partial charge >= 0.3 is 15.0 Å². The molecule has 1 aliphatic heterocycles. The first-order chi connectivity index (χ1) is 13.2. The van der Waals surface area contributed by atoms with Crippen molar-refractivity contribution in [2.75, 3.05) is 13.1 Å². The lowest BCUT2D eigenvalue weighted by Crippen LogP contribution is -2.52. The third-order valence-corrected chi connectivity index (χ3v) is 6.24. The van der Waals surface area contributed by atoms with E-state index in [1.54, 1.807) is 0 Å². The monoisotopic (exact) mass is 411 g/mol. The van der Waals surface area contributed by atoms with Crippen molar-refractivity contribution >= 4 is 27.6 Å². The largest absolute Gasteiger partial charge is 0.618 e. The van der Waals surface area contributed by atoms with Gasteiger partial charge in [-0.1, -0.05) is 6.92 Å². The summed E-state index contributed by atoms with van der Waals surface area (Å²) >= 11 is 0. The molecule has 1 aromatic heterocycles. The van der Waals surface area contributed by atoms with Gasteiger partial charge in [0.25, 0.3) is 0 Å². The first-order valence-electron chi connectivity index (χ1n) is 8.78. The van der Waals surface area contributed by atoms with Crippen LogP contribution in [-0.2, 0) is 24.4 Å². The van der Waals surface area contributed by atoms with Gasteiger partial charge in [-0.25, -0.2) is 4.31 Å². The van der Waals surface area contributed by atoms with Gasteiger partial charge in [0.05, 0.1) is 13.0 Å². The minimum Gasteiger partial charge on any atom is -0.618 e. The first-order valence-corrected chi connectivity index (χ1v) is 10.2. The quantitative estimate of drug-likeness (QED) is 0.425. The van der Waals surface area contributed by atoms with Crippen molar-refractivity contribution in [1.82, 2.24) is 9.62 Å². The van der Waals surface area contributed by atoms with Gasteiger partial charge in [0.15, 0.2) is 12.0 Å². The molecule has 1 fully saturated rings. The number of rotatable bonds is 7. The van der Waals surface area contributed by atoms with E-state index in [0.717, 1.165) is 18.7 Å². The summed E-state index contributed by atoms with van der Waals surface area (Å²) < 4.78 is 26.8. The number of nitrogens with one attached hydrogen (secondary N) is 1. The highest BCUT2D eigenvalue weighted by atomic mass is 32.2. The molecule has 0 aliphatic carbocycles. The second-order valence-electron chi connectivity index (χ2n) is 6.55. The van der Waals surface area contributed by atoms with Gasteiger partial charge in [0.1, 0.15) is 6.04 Å². The van der Waals surface area contributed by atoms with Gasteiger partial charge in [-0.05, 0) is 31.9 Å². The molecule has 10 nitrogen and oxygen atoms in total. The number of sulfonamides is 1. The van der Waals surface area contributed by atoms with Crippen LogP contribution in [0.5, 0.6) is 0 Å². The van der Waals surface area contributed by atoms with Crippen molar-refractivity contribution in [2.24, 2.45) is 11.7 Å². The van der Waals surface area contributed by atoms with Crippen molar-refractivity contribution < 1.29 is 27.5 Å². The maximum Gasteiger partial charge on any atom is 0.329 e. The van der Waals surface area contributed by atoms with Crippen LogP contribution in [-0.4, -0.2) is 49.5 Å². The summed E-state index contributed by atoms with van der Waals surface area (Å²) in [4.78, 5) is 36.5. The van der Waals surface area contributed by atoms with E-state index in [9.17, 15) is 28.0 Å². The van der Waals surface area contributed by atoms with Crippen molar-refractivity contribution in [1.29, 1.82) is 0 Å². The number of pyridine rings is 1.